The van der Waals surface area contributed by atoms with E-state index in [9.17, 15) is 9.59 Å². The fraction of sp³-hybridized carbons (Fsp3) is 0.500. The van der Waals surface area contributed by atoms with Crippen LogP contribution in [-0.2, 0) is 22.6 Å². The molecule has 4 N–H and O–H groups in total. The molecule has 0 bridgehead atoms. The van der Waals surface area contributed by atoms with Crippen molar-refractivity contribution < 1.29 is 14.7 Å². The van der Waals surface area contributed by atoms with E-state index >= 15 is 0 Å². The van der Waals surface area contributed by atoms with Crippen molar-refractivity contribution >= 4 is 11.9 Å². The Labute approximate surface area is 91.4 Å². The fourth-order valence-corrected chi connectivity index (χ4v) is 1.05. The van der Waals surface area contributed by atoms with E-state index in [0.717, 1.165) is 0 Å². The van der Waals surface area contributed by atoms with Gasteiger partial charge in [-0.1, -0.05) is 5.21 Å². The number of aromatic nitrogens is 3. The number of hydrogen-bond acceptors (Lipinski definition) is 5. The highest BCUT2D eigenvalue weighted by Crippen LogP contribution is 1.97. The Bertz CT molecular complexity index is 389. The van der Waals surface area contributed by atoms with E-state index < -0.39 is 12.0 Å². The summed E-state index contributed by atoms with van der Waals surface area (Å²) in [6.07, 6.45) is 1.58. The molecule has 0 aromatic carbocycles. The van der Waals surface area contributed by atoms with E-state index in [1.165, 1.54) is 17.9 Å². The van der Waals surface area contributed by atoms with Crippen LogP contribution in [0.3, 0.4) is 0 Å². The van der Waals surface area contributed by atoms with Crippen LogP contribution >= 0.6 is 0 Å². The van der Waals surface area contributed by atoms with Crippen LogP contribution in [0.5, 0.6) is 0 Å². The molecule has 88 valence electrons. The molecule has 8 nitrogen and oxygen atoms in total. The zero-order valence-corrected chi connectivity index (χ0v) is 8.75. The van der Waals surface area contributed by atoms with Crippen molar-refractivity contribution in [1.82, 2.24) is 20.3 Å². The number of amides is 1. The second kappa shape index (κ2) is 5.21. The third kappa shape index (κ3) is 3.31. The molecule has 0 aliphatic heterocycles. The fourth-order valence-electron chi connectivity index (χ4n) is 1.05. The number of aliphatic carboxylic acids is 1. The molecule has 1 heterocycles. The van der Waals surface area contributed by atoms with Crippen molar-refractivity contribution in [3.63, 3.8) is 0 Å². The number of carboxylic acids is 1. The summed E-state index contributed by atoms with van der Waals surface area (Å²) in [6.45, 7) is 0.0474. The molecule has 1 aromatic rings. The number of nitrogens with zero attached hydrogens (tertiary/aromatic N) is 3. The highest BCUT2D eigenvalue weighted by atomic mass is 16.4. The van der Waals surface area contributed by atoms with Crippen molar-refractivity contribution in [2.24, 2.45) is 5.73 Å². The zero-order valence-electron chi connectivity index (χ0n) is 8.75. The molecular formula is C8H13N5O3. The lowest BCUT2D eigenvalue weighted by atomic mass is 10.2. The highest BCUT2D eigenvalue weighted by molar-refractivity contribution is 5.75. The van der Waals surface area contributed by atoms with Gasteiger partial charge in [-0.05, 0) is 0 Å². The molecule has 0 radical (unpaired) electrons. The summed E-state index contributed by atoms with van der Waals surface area (Å²) in [5.74, 6) is -1.31. The minimum absolute atomic E-state index is 0.0474. The summed E-state index contributed by atoms with van der Waals surface area (Å²) in [4.78, 5) is 21.5. The van der Waals surface area contributed by atoms with Gasteiger partial charge in [0.05, 0.1) is 5.69 Å². The molecule has 0 aliphatic carbocycles. The predicted molar refractivity (Wildman–Crippen MR) is 53.4 cm³/mol. The standard InChI is InChI=1S/C8H13N5O3/c1-10-7(14)4-13-3-5(11-12-13)2-6(9)8(15)16/h3,6H,2,4,9H2,1H3,(H,10,14)(H,15,16). The Morgan fingerprint density at radius 1 is 1.69 bits per heavy atom. The number of carbonyl (C=O) groups is 2. The summed E-state index contributed by atoms with van der Waals surface area (Å²) >= 11 is 0. The first-order valence-electron chi connectivity index (χ1n) is 4.61. The number of hydrogen-bond donors (Lipinski definition) is 3. The van der Waals surface area contributed by atoms with Crippen LogP contribution < -0.4 is 11.1 Å². The summed E-state index contributed by atoms with van der Waals surface area (Å²) in [5, 5.41) is 18.4. The molecule has 1 unspecified atom stereocenters. The van der Waals surface area contributed by atoms with Gasteiger partial charge in [0.1, 0.15) is 12.6 Å². The maximum absolute atomic E-state index is 11.0. The Morgan fingerprint density at radius 3 is 2.94 bits per heavy atom. The average Bonchev–Trinajstić information content (AvgIpc) is 2.65. The van der Waals surface area contributed by atoms with E-state index in [4.69, 9.17) is 10.8 Å². The normalized spacial score (nSPS) is 12.1. The zero-order chi connectivity index (χ0) is 12.1. The largest absolute Gasteiger partial charge is 0.480 e. The average molecular weight is 227 g/mol. The Morgan fingerprint density at radius 2 is 2.38 bits per heavy atom. The van der Waals surface area contributed by atoms with Crippen molar-refractivity contribution in [2.75, 3.05) is 7.05 Å². The van der Waals surface area contributed by atoms with Crippen molar-refractivity contribution in [1.29, 1.82) is 0 Å². The van der Waals surface area contributed by atoms with E-state index in [0.29, 0.717) is 5.69 Å². The summed E-state index contributed by atoms with van der Waals surface area (Å²) < 4.78 is 1.32. The number of carbonyl (C=O) groups excluding carboxylic acids is 1. The van der Waals surface area contributed by atoms with Gasteiger partial charge in [0, 0.05) is 19.7 Å². The smallest absolute Gasteiger partial charge is 0.320 e. The number of carboxylic acid groups (broad SMARTS) is 1. The Kier molecular flexibility index (Phi) is 3.95. The number of nitrogens with one attached hydrogen (secondary N) is 1. The highest BCUT2D eigenvalue weighted by Gasteiger charge is 2.14. The SMILES string of the molecule is CNC(=O)Cn1cc(CC(N)C(=O)O)nn1. The van der Waals surface area contributed by atoms with Crippen LogP contribution in [0.25, 0.3) is 0 Å². The summed E-state index contributed by atoms with van der Waals surface area (Å²) in [5.41, 5.74) is 5.77. The lowest BCUT2D eigenvalue weighted by molar-refractivity contribution is -0.138. The van der Waals surface area contributed by atoms with E-state index in [1.807, 2.05) is 0 Å². The molecule has 0 spiro atoms. The van der Waals surface area contributed by atoms with Crippen molar-refractivity contribution in [2.45, 2.75) is 19.0 Å². The van der Waals surface area contributed by atoms with Crippen LogP contribution in [0.15, 0.2) is 6.20 Å². The van der Waals surface area contributed by atoms with Gasteiger partial charge in [0.15, 0.2) is 0 Å². The van der Waals surface area contributed by atoms with Gasteiger partial charge >= 0.3 is 5.97 Å². The third-order valence-corrected chi connectivity index (χ3v) is 1.92. The molecule has 1 amide bonds. The second-order valence-corrected chi connectivity index (χ2v) is 3.23. The van der Waals surface area contributed by atoms with Gasteiger partial charge in [0.2, 0.25) is 5.91 Å². The van der Waals surface area contributed by atoms with E-state index in [-0.39, 0.29) is 18.9 Å². The van der Waals surface area contributed by atoms with E-state index in [1.54, 1.807) is 0 Å². The molecular weight excluding hydrogens is 214 g/mol. The molecule has 8 heteroatoms. The topological polar surface area (TPSA) is 123 Å². The lowest BCUT2D eigenvalue weighted by Crippen LogP contribution is -2.32. The molecule has 0 fully saturated rings. The van der Waals surface area contributed by atoms with Gasteiger partial charge < -0.3 is 16.2 Å². The summed E-state index contributed by atoms with van der Waals surface area (Å²) in [7, 11) is 1.51. The van der Waals surface area contributed by atoms with Crippen LogP contribution in [0.2, 0.25) is 0 Å². The van der Waals surface area contributed by atoms with Crippen LogP contribution in [0, 0.1) is 0 Å². The van der Waals surface area contributed by atoms with Crippen LogP contribution in [0.4, 0.5) is 0 Å². The molecule has 0 aliphatic rings. The van der Waals surface area contributed by atoms with Gasteiger partial charge in [-0.15, -0.1) is 5.10 Å². The first-order chi connectivity index (χ1) is 7.52. The molecule has 0 saturated carbocycles. The number of rotatable bonds is 5. The van der Waals surface area contributed by atoms with E-state index in [2.05, 4.69) is 15.6 Å². The van der Waals surface area contributed by atoms with Gasteiger partial charge in [-0.2, -0.15) is 0 Å². The predicted octanol–water partition coefficient (Wildman–Crippen LogP) is -2.02. The minimum Gasteiger partial charge on any atom is -0.480 e. The van der Waals surface area contributed by atoms with Crippen LogP contribution in [-0.4, -0.2) is 45.1 Å². The molecule has 1 aromatic heterocycles. The first-order valence-corrected chi connectivity index (χ1v) is 4.61. The van der Waals surface area contributed by atoms with Gasteiger partial charge in [-0.3, -0.25) is 9.59 Å². The Hall–Kier alpha value is -1.96. The minimum atomic E-state index is -1.10. The lowest BCUT2D eigenvalue weighted by Gasteiger charge is -2.01. The monoisotopic (exact) mass is 227 g/mol. The maximum atomic E-state index is 11.0. The molecule has 1 rings (SSSR count). The van der Waals surface area contributed by atoms with Crippen molar-refractivity contribution in [3.8, 4) is 0 Å². The summed E-state index contributed by atoms with van der Waals surface area (Å²) in [6, 6.07) is -1.01. The number of likely N-dealkylation sites (N-methyl/N-ethyl adjacent to an activating group) is 1. The molecule has 1 atom stereocenters. The second-order valence-electron chi connectivity index (χ2n) is 3.23. The van der Waals surface area contributed by atoms with Gasteiger partial charge in [-0.25, -0.2) is 4.68 Å². The molecule has 16 heavy (non-hydrogen) atoms. The van der Waals surface area contributed by atoms with Crippen LogP contribution in [0.1, 0.15) is 5.69 Å². The molecule has 0 saturated heterocycles. The maximum Gasteiger partial charge on any atom is 0.320 e. The quantitative estimate of drug-likeness (QED) is 0.533. The number of nitrogens with two attached hydrogens (primary N) is 1. The Balaban J connectivity index is 2.58. The third-order valence-electron chi connectivity index (χ3n) is 1.92. The van der Waals surface area contributed by atoms with Gasteiger partial charge in [0.25, 0.3) is 0 Å². The first kappa shape index (κ1) is 12.1. The van der Waals surface area contributed by atoms with Crippen molar-refractivity contribution in [3.05, 3.63) is 11.9 Å².